The molecule has 23 heavy (non-hydrogen) atoms. The Bertz CT molecular complexity index is 761. The Morgan fingerprint density at radius 2 is 2.22 bits per heavy atom. The van der Waals surface area contributed by atoms with Gasteiger partial charge in [0, 0.05) is 43.5 Å². The van der Waals surface area contributed by atoms with Crippen LogP contribution in [0.3, 0.4) is 0 Å². The first-order valence-electron chi connectivity index (χ1n) is 7.60. The molecule has 3 rings (SSSR count). The Labute approximate surface area is 134 Å². The number of aromatic nitrogens is 2. The van der Waals surface area contributed by atoms with Crippen LogP contribution in [0.15, 0.2) is 24.5 Å². The highest BCUT2D eigenvalue weighted by Gasteiger charge is 2.26. The van der Waals surface area contributed by atoms with E-state index in [1.807, 2.05) is 13.0 Å². The molecule has 0 saturated carbocycles. The van der Waals surface area contributed by atoms with Gasteiger partial charge in [-0.2, -0.15) is 0 Å². The summed E-state index contributed by atoms with van der Waals surface area (Å²) in [6.07, 6.45) is 1.80. The van der Waals surface area contributed by atoms with Crippen molar-refractivity contribution >= 4 is 28.5 Å². The molecule has 2 heterocycles. The number of fused-ring (bicyclic) bond motifs is 1. The van der Waals surface area contributed by atoms with Crippen molar-refractivity contribution in [1.82, 2.24) is 20.2 Å². The fourth-order valence-electron chi connectivity index (χ4n) is 2.84. The number of anilines is 1. The van der Waals surface area contributed by atoms with E-state index < -0.39 is 0 Å². The minimum Gasteiger partial charge on any atom is -0.373 e. The van der Waals surface area contributed by atoms with E-state index in [-0.39, 0.29) is 17.9 Å². The van der Waals surface area contributed by atoms with Crippen LogP contribution in [0, 0.1) is 0 Å². The van der Waals surface area contributed by atoms with E-state index in [4.69, 9.17) is 0 Å². The van der Waals surface area contributed by atoms with Crippen LogP contribution in [0.4, 0.5) is 5.82 Å². The van der Waals surface area contributed by atoms with Gasteiger partial charge in [-0.1, -0.05) is 0 Å². The molecule has 7 nitrogen and oxygen atoms in total. The van der Waals surface area contributed by atoms with E-state index in [1.165, 1.54) is 6.33 Å². The second-order valence-electron chi connectivity index (χ2n) is 5.61. The van der Waals surface area contributed by atoms with Crippen LogP contribution < -0.4 is 10.6 Å². The Balaban J connectivity index is 1.93. The topological polar surface area (TPSA) is 87.2 Å². The molecule has 2 amide bonds. The Morgan fingerprint density at radius 1 is 1.39 bits per heavy atom. The van der Waals surface area contributed by atoms with Gasteiger partial charge in [-0.3, -0.25) is 9.59 Å². The second kappa shape index (κ2) is 6.20. The summed E-state index contributed by atoms with van der Waals surface area (Å²) in [4.78, 5) is 34.5. The van der Waals surface area contributed by atoms with Gasteiger partial charge in [0.1, 0.15) is 12.1 Å². The normalized spacial score (nSPS) is 18.4. The van der Waals surface area contributed by atoms with E-state index in [0.717, 1.165) is 11.2 Å². The standard InChI is InChI=1S/C16H19N5O2/c1-10-7-14(22)18-5-6-21(10)16(23)11-3-4-12-13(8-11)19-9-20-15(12)17-2/h3-4,8-10H,5-7H2,1-2H3,(H,18,22)(H,17,19,20). The lowest BCUT2D eigenvalue weighted by atomic mass is 10.1. The lowest BCUT2D eigenvalue weighted by molar-refractivity contribution is -0.121. The fourth-order valence-corrected chi connectivity index (χ4v) is 2.84. The van der Waals surface area contributed by atoms with Crippen molar-refractivity contribution in [3.8, 4) is 0 Å². The van der Waals surface area contributed by atoms with Crippen LogP contribution >= 0.6 is 0 Å². The molecule has 1 aliphatic heterocycles. The van der Waals surface area contributed by atoms with Gasteiger partial charge in [0.2, 0.25) is 5.91 Å². The number of benzene rings is 1. The first-order chi connectivity index (χ1) is 11.1. The number of amides is 2. The van der Waals surface area contributed by atoms with Crippen molar-refractivity contribution in [2.75, 3.05) is 25.5 Å². The Kier molecular flexibility index (Phi) is 4.10. The van der Waals surface area contributed by atoms with Gasteiger partial charge in [0.25, 0.3) is 5.91 Å². The monoisotopic (exact) mass is 313 g/mol. The molecule has 1 fully saturated rings. The maximum atomic E-state index is 12.8. The zero-order valence-corrected chi connectivity index (χ0v) is 13.2. The number of carbonyl (C=O) groups is 2. The number of hydrogen-bond acceptors (Lipinski definition) is 5. The molecule has 0 spiro atoms. The summed E-state index contributed by atoms with van der Waals surface area (Å²) in [5.41, 5.74) is 1.28. The van der Waals surface area contributed by atoms with E-state index in [0.29, 0.717) is 30.6 Å². The van der Waals surface area contributed by atoms with Crippen LogP contribution in [0.2, 0.25) is 0 Å². The number of rotatable bonds is 2. The molecule has 7 heteroatoms. The lowest BCUT2D eigenvalue weighted by Crippen LogP contribution is -2.39. The average molecular weight is 313 g/mol. The SMILES string of the molecule is CNc1ncnc2cc(C(=O)N3CCNC(=O)CC3C)ccc12. The van der Waals surface area contributed by atoms with Crippen LogP contribution in [0.5, 0.6) is 0 Å². The van der Waals surface area contributed by atoms with Gasteiger partial charge in [0.05, 0.1) is 5.52 Å². The molecule has 120 valence electrons. The number of hydrogen-bond donors (Lipinski definition) is 2. The van der Waals surface area contributed by atoms with Gasteiger partial charge >= 0.3 is 0 Å². The summed E-state index contributed by atoms with van der Waals surface area (Å²) >= 11 is 0. The quantitative estimate of drug-likeness (QED) is 0.864. The molecule has 2 N–H and O–H groups in total. The third-order valence-corrected chi connectivity index (χ3v) is 4.07. The fraction of sp³-hybridized carbons (Fsp3) is 0.375. The third-order valence-electron chi connectivity index (χ3n) is 4.07. The predicted octanol–water partition coefficient (Wildman–Crippen LogP) is 1.02. The molecule has 1 aromatic heterocycles. The molecule has 1 aliphatic rings. The molecule has 0 aliphatic carbocycles. The Hall–Kier alpha value is -2.70. The van der Waals surface area contributed by atoms with E-state index >= 15 is 0 Å². The van der Waals surface area contributed by atoms with Crippen LogP contribution in [0.25, 0.3) is 10.9 Å². The summed E-state index contributed by atoms with van der Waals surface area (Å²) in [7, 11) is 1.80. The predicted molar refractivity (Wildman–Crippen MR) is 87.2 cm³/mol. The summed E-state index contributed by atoms with van der Waals surface area (Å²) in [6.45, 7) is 2.88. The first kappa shape index (κ1) is 15.2. The highest BCUT2D eigenvalue weighted by Crippen LogP contribution is 2.21. The van der Waals surface area contributed by atoms with E-state index in [9.17, 15) is 9.59 Å². The van der Waals surface area contributed by atoms with Crippen LogP contribution in [-0.2, 0) is 4.79 Å². The van der Waals surface area contributed by atoms with Gasteiger partial charge in [-0.15, -0.1) is 0 Å². The van der Waals surface area contributed by atoms with Crippen molar-refractivity contribution in [2.24, 2.45) is 0 Å². The zero-order chi connectivity index (χ0) is 16.4. The van der Waals surface area contributed by atoms with Crippen molar-refractivity contribution in [2.45, 2.75) is 19.4 Å². The molecule has 1 saturated heterocycles. The lowest BCUT2D eigenvalue weighted by Gasteiger charge is -2.26. The molecule has 0 radical (unpaired) electrons. The zero-order valence-electron chi connectivity index (χ0n) is 13.2. The van der Waals surface area contributed by atoms with E-state index in [2.05, 4.69) is 20.6 Å². The van der Waals surface area contributed by atoms with Crippen LogP contribution in [-0.4, -0.2) is 52.9 Å². The van der Waals surface area contributed by atoms with Crippen molar-refractivity contribution < 1.29 is 9.59 Å². The third kappa shape index (κ3) is 2.94. The van der Waals surface area contributed by atoms with Gasteiger partial charge < -0.3 is 15.5 Å². The summed E-state index contributed by atoms with van der Waals surface area (Å²) in [5.74, 6) is 0.630. The molecular weight excluding hydrogens is 294 g/mol. The number of nitrogens with one attached hydrogen (secondary N) is 2. The molecule has 2 aromatic rings. The van der Waals surface area contributed by atoms with E-state index in [1.54, 1.807) is 24.1 Å². The molecule has 1 aromatic carbocycles. The maximum Gasteiger partial charge on any atom is 0.254 e. The molecule has 0 bridgehead atoms. The van der Waals surface area contributed by atoms with Crippen molar-refractivity contribution in [1.29, 1.82) is 0 Å². The van der Waals surface area contributed by atoms with Crippen molar-refractivity contribution in [3.05, 3.63) is 30.1 Å². The highest BCUT2D eigenvalue weighted by atomic mass is 16.2. The molecule has 1 unspecified atom stereocenters. The molecular formula is C16H19N5O2. The largest absolute Gasteiger partial charge is 0.373 e. The van der Waals surface area contributed by atoms with Crippen LogP contribution in [0.1, 0.15) is 23.7 Å². The first-order valence-corrected chi connectivity index (χ1v) is 7.60. The maximum absolute atomic E-state index is 12.8. The van der Waals surface area contributed by atoms with Gasteiger partial charge in [0.15, 0.2) is 0 Å². The smallest absolute Gasteiger partial charge is 0.254 e. The minimum atomic E-state index is -0.126. The highest BCUT2D eigenvalue weighted by molar-refractivity contribution is 6.00. The minimum absolute atomic E-state index is 0.0160. The summed E-state index contributed by atoms with van der Waals surface area (Å²) in [5, 5.41) is 6.67. The number of nitrogens with zero attached hydrogens (tertiary/aromatic N) is 3. The average Bonchev–Trinajstić information content (AvgIpc) is 2.73. The van der Waals surface area contributed by atoms with Crippen molar-refractivity contribution in [3.63, 3.8) is 0 Å². The summed E-state index contributed by atoms with van der Waals surface area (Å²) in [6, 6.07) is 5.27. The summed E-state index contributed by atoms with van der Waals surface area (Å²) < 4.78 is 0. The molecule has 1 atom stereocenters. The van der Waals surface area contributed by atoms with Gasteiger partial charge in [-0.25, -0.2) is 9.97 Å². The van der Waals surface area contributed by atoms with Gasteiger partial charge in [-0.05, 0) is 25.1 Å². The second-order valence-corrected chi connectivity index (χ2v) is 5.61. The Morgan fingerprint density at radius 3 is 3.00 bits per heavy atom. The number of carbonyl (C=O) groups excluding carboxylic acids is 2.